The molecule has 0 unspecified atom stereocenters. The molecule has 1 fully saturated rings. The van der Waals surface area contributed by atoms with Gasteiger partial charge in [0.2, 0.25) is 5.89 Å². The molecule has 1 heterocycles. The van der Waals surface area contributed by atoms with Crippen LogP contribution in [0.2, 0.25) is 0 Å². The number of Topliss-reactive ketones (excluding diaryl/α,β-unsaturated/α-hetero) is 1. The summed E-state index contributed by atoms with van der Waals surface area (Å²) in [5.74, 6) is 1.35. The molecule has 0 saturated heterocycles. The second-order valence-corrected chi connectivity index (χ2v) is 3.09. The maximum Gasteiger partial charge on any atom is 0.229 e. The summed E-state index contributed by atoms with van der Waals surface area (Å²) in [6.45, 7) is 4.00. The number of nitrogens with zero attached hydrogens (tertiary/aromatic N) is 2. The van der Waals surface area contributed by atoms with Crippen LogP contribution in [0.5, 0.6) is 0 Å². The van der Waals surface area contributed by atoms with Gasteiger partial charge in [-0.05, 0) is 12.8 Å². The number of carbonyl (C=O) groups excluding carboxylic acids is 1. The van der Waals surface area contributed by atoms with E-state index in [2.05, 4.69) is 10.1 Å². The predicted molar refractivity (Wildman–Crippen MR) is 51.9 cm³/mol. The highest BCUT2D eigenvalue weighted by Crippen LogP contribution is 2.29. The van der Waals surface area contributed by atoms with Crippen molar-refractivity contribution in [2.75, 3.05) is 0 Å². The van der Waals surface area contributed by atoms with E-state index >= 15 is 0 Å². The first-order valence-corrected chi connectivity index (χ1v) is 5.14. The molecule has 78 valence electrons. The predicted octanol–water partition coefficient (Wildman–Crippen LogP) is 2.32. The molecule has 0 amide bonds. The Morgan fingerprint density at radius 3 is 2.50 bits per heavy atom. The van der Waals surface area contributed by atoms with Gasteiger partial charge in [0.15, 0.2) is 6.33 Å². The molecule has 2 rings (SSSR count). The quantitative estimate of drug-likeness (QED) is 0.691. The van der Waals surface area contributed by atoms with Crippen molar-refractivity contribution in [2.24, 2.45) is 0 Å². The summed E-state index contributed by atoms with van der Waals surface area (Å²) in [7, 11) is 0. The second-order valence-electron chi connectivity index (χ2n) is 3.09. The first kappa shape index (κ1) is 10.9. The number of ketones is 1. The van der Waals surface area contributed by atoms with E-state index in [0.717, 1.165) is 12.8 Å². The Morgan fingerprint density at radius 1 is 1.36 bits per heavy atom. The largest absolute Gasteiger partial charge is 0.339 e. The van der Waals surface area contributed by atoms with E-state index in [9.17, 15) is 4.79 Å². The fourth-order valence-electron chi connectivity index (χ4n) is 1.55. The van der Waals surface area contributed by atoms with Crippen molar-refractivity contribution in [3.8, 4) is 0 Å². The van der Waals surface area contributed by atoms with Gasteiger partial charge in [-0.15, -0.1) is 0 Å². The summed E-state index contributed by atoms with van der Waals surface area (Å²) in [6, 6.07) is 0. The van der Waals surface area contributed by atoms with Crippen molar-refractivity contribution in [1.82, 2.24) is 10.1 Å². The molecule has 0 atom stereocenters. The molecule has 4 nitrogen and oxygen atoms in total. The van der Waals surface area contributed by atoms with E-state index in [1.165, 1.54) is 6.33 Å². The zero-order valence-corrected chi connectivity index (χ0v) is 8.69. The van der Waals surface area contributed by atoms with Crippen molar-refractivity contribution in [3.63, 3.8) is 0 Å². The van der Waals surface area contributed by atoms with Crippen molar-refractivity contribution in [3.05, 3.63) is 12.2 Å². The summed E-state index contributed by atoms with van der Waals surface area (Å²) in [4.78, 5) is 14.9. The summed E-state index contributed by atoms with van der Waals surface area (Å²) in [5.41, 5.74) is 0. The second kappa shape index (κ2) is 5.52. The lowest BCUT2D eigenvalue weighted by Crippen LogP contribution is -2.12. The van der Waals surface area contributed by atoms with E-state index in [1.807, 2.05) is 13.8 Å². The van der Waals surface area contributed by atoms with E-state index in [4.69, 9.17) is 4.52 Å². The standard InChI is InChI=1S/C8H10N2O2.C2H6/c11-7-3-1-6(2-4-7)8-9-5-10-12-8;1-2/h5-6H,1-4H2;1-2H3. The summed E-state index contributed by atoms with van der Waals surface area (Å²) in [6.07, 6.45) is 4.45. The van der Waals surface area contributed by atoms with Gasteiger partial charge in [0, 0.05) is 18.8 Å². The Labute approximate surface area is 83.7 Å². The molecule has 0 radical (unpaired) electrons. The van der Waals surface area contributed by atoms with Crippen LogP contribution >= 0.6 is 0 Å². The molecule has 0 aromatic carbocycles. The molecule has 1 aliphatic carbocycles. The number of aromatic nitrogens is 2. The Morgan fingerprint density at radius 2 is 2.00 bits per heavy atom. The molecule has 4 heteroatoms. The molecule has 14 heavy (non-hydrogen) atoms. The van der Waals surface area contributed by atoms with Crippen LogP contribution in [0.25, 0.3) is 0 Å². The Hall–Kier alpha value is -1.19. The lowest BCUT2D eigenvalue weighted by molar-refractivity contribution is -0.120. The van der Waals surface area contributed by atoms with Crippen LogP contribution < -0.4 is 0 Å². The molecule has 1 aromatic heterocycles. The van der Waals surface area contributed by atoms with E-state index in [0.29, 0.717) is 30.4 Å². The van der Waals surface area contributed by atoms with Gasteiger partial charge >= 0.3 is 0 Å². The smallest absolute Gasteiger partial charge is 0.229 e. The molecule has 0 aliphatic heterocycles. The molecule has 1 aliphatic rings. The maximum absolute atomic E-state index is 10.9. The van der Waals surface area contributed by atoms with Crippen LogP contribution in [0.3, 0.4) is 0 Å². The minimum Gasteiger partial charge on any atom is -0.339 e. The fraction of sp³-hybridized carbons (Fsp3) is 0.700. The highest BCUT2D eigenvalue weighted by atomic mass is 16.5. The van der Waals surface area contributed by atoms with Gasteiger partial charge in [-0.2, -0.15) is 4.98 Å². The summed E-state index contributed by atoms with van der Waals surface area (Å²) < 4.78 is 4.94. The first-order chi connectivity index (χ1) is 6.86. The zero-order chi connectivity index (χ0) is 10.4. The molecule has 1 saturated carbocycles. The Kier molecular flexibility index (Phi) is 4.29. The minimum atomic E-state index is 0.310. The monoisotopic (exact) mass is 196 g/mol. The lowest BCUT2D eigenvalue weighted by Gasteiger charge is -2.16. The third kappa shape index (κ3) is 2.65. The van der Waals surface area contributed by atoms with Crippen LogP contribution in [0.15, 0.2) is 10.9 Å². The van der Waals surface area contributed by atoms with E-state index in [-0.39, 0.29) is 0 Å². The number of rotatable bonds is 1. The van der Waals surface area contributed by atoms with Gasteiger partial charge < -0.3 is 4.52 Å². The average molecular weight is 196 g/mol. The highest BCUT2D eigenvalue weighted by Gasteiger charge is 2.23. The fourth-order valence-corrected chi connectivity index (χ4v) is 1.55. The Bertz CT molecular complexity index is 260. The van der Waals surface area contributed by atoms with Crippen LogP contribution in [0, 0.1) is 0 Å². The zero-order valence-electron chi connectivity index (χ0n) is 8.69. The third-order valence-electron chi connectivity index (χ3n) is 2.27. The number of hydrogen-bond donors (Lipinski definition) is 0. The highest BCUT2D eigenvalue weighted by molar-refractivity contribution is 5.79. The topological polar surface area (TPSA) is 56.0 Å². The molecular formula is C10H16N2O2. The molecular weight excluding hydrogens is 180 g/mol. The normalized spacial score (nSPS) is 17.4. The van der Waals surface area contributed by atoms with Crippen molar-refractivity contribution in [1.29, 1.82) is 0 Å². The minimum absolute atomic E-state index is 0.310. The average Bonchev–Trinajstić information content (AvgIpc) is 2.75. The molecule has 0 spiro atoms. The van der Waals surface area contributed by atoms with Crippen LogP contribution in [-0.2, 0) is 4.79 Å². The maximum atomic E-state index is 10.9. The third-order valence-corrected chi connectivity index (χ3v) is 2.27. The molecule has 0 N–H and O–H groups in total. The van der Waals surface area contributed by atoms with Gasteiger partial charge in [0.1, 0.15) is 5.78 Å². The summed E-state index contributed by atoms with van der Waals surface area (Å²) >= 11 is 0. The molecule has 1 aromatic rings. The van der Waals surface area contributed by atoms with Gasteiger partial charge in [-0.25, -0.2) is 0 Å². The van der Waals surface area contributed by atoms with Gasteiger partial charge in [0.05, 0.1) is 0 Å². The van der Waals surface area contributed by atoms with Crippen molar-refractivity contribution < 1.29 is 9.32 Å². The summed E-state index contributed by atoms with van der Waals surface area (Å²) in [5, 5.41) is 3.55. The van der Waals surface area contributed by atoms with Gasteiger partial charge in [0.25, 0.3) is 0 Å². The van der Waals surface area contributed by atoms with E-state index in [1.54, 1.807) is 0 Å². The van der Waals surface area contributed by atoms with Crippen LogP contribution in [0.1, 0.15) is 51.3 Å². The van der Waals surface area contributed by atoms with Crippen molar-refractivity contribution >= 4 is 5.78 Å². The van der Waals surface area contributed by atoms with Crippen LogP contribution in [-0.4, -0.2) is 15.9 Å². The number of carbonyl (C=O) groups is 1. The van der Waals surface area contributed by atoms with E-state index < -0.39 is 0 Å². The van der Waals surface area contributed by atoms with Gasteiger partial charge in [-0.1, -0.05) is 19.0 Å². The number of hydrogen-bond acceptors (Lipinski definition) is 4. The SMILES string of the molecule is CC.O=C1CCC(c2ncno2)CC1. The Balaban J connectivity index is 0.000000461. The molecule has 0 bridgehead atoms. The first-order valence-electron chi connectivity index (χ1n) is 5.14. The van der Waals surface area contributed by atoms with Gasteiger partial charge in [-0.3, -0.25) is 4.79 Å². The van der Waals surface area contributed by atoms with Crippen LogP contribution in [0.4, 0.5) is 0 Å². The van der Waals surface area contributed by atoms with Crippen molar-refractivity contribution in [2.45, 2.75) is 45.4 Å². The lowest BCUT2D eigenvalue weighted by atomic mass is 9.88.